The summed E-state index contributed by atoms with van der Waals surface area (Å²) in [6.45, 7) is -0.197. The Morgan fingerprint density at radius 1 is 1.10 bits per heavy atom. The van der Waals surface area contributed by atoms with Crippen molar-refractivity contribution in [2.24, 2.45) is 0 Å². The third-order valence-electron chi connectivity index (χ3n) is 4.34. The van der Waals surface area contributed by atoms with Crippen molar-refractivity contribution in [1.82, 2.24) is 19.5 Å². The number of pyridine rings is 1. The number of fused-ring (bicyclic) bond motifs is 3. The van der Waals surface area contributed by atoms with E-state index < -0.39 is 5.56 Å². The standard InChI is InChI=1S/C20H13N5O3S/c26-16(24-20-23-14(10-29-20)13-6-3-4-8-21-13)9-25-11-22-17-12-5-1-2-7-15(12)28-18(17)19(25)27/h1-8,10-11H,9H2,(H,23,24,26). The summed E-state index contributed by atoms with van der Waals surface area (Å²) < 4.78 is 6.85. The molecule has 1 amide bonds. The van der Waals surface area contributed by atoms with Crippen molar-refractivity contribution in [1.29, 1.82) is 0 Å². The molecule has 5 aromatic rings. The van der Waals surface area contributed by atoms with Gasteiger partial charge in [-0.25, -0.2) is 9.97 Å². The van der Waals surface area contributed by atoms with Crippen molar-refractivity contribution in [3.8, 4) is 11.4 Å². The molecular formula is C20H13N5O3S. The zero-order valence-electron chi connectivity index (χ0n) is 14.9. The van der Waals surface area contributed by atoms with Crippen molar-refractivity contribution in [2.75, 3.05) is 5.32 Å². The van der Waals surface area contributed by atoms with Gasteiger partial charge in [0.15, 0.2) is 5.13 Å². The molecule has 29 heavy (non-hydrogen) atoms. The number of anilines is 1. The van der Waals surface area contributed by atoms with Crippen LogP contribution in [0.3, 0.4) is 0 Å². The molecule has 0 bridgehead atoms. The number of benzene rings is 1. The molecule has 142 valence electrons. The Morgan fingerprint density at radius 3 is 2.83 bits per heavy atom. The minimum Gasteiger partial charge on any atom is -0.448 e. The maximum atomic E-state index is 12.7. The van der Waals surface area contributed by atoms with Crippen molar-refractivity contribution in [3.05, 3.63) is 70.7 Å². The first-order chi connectivity index (χ1) is 14.2. The van der Waals surface area contributed by atoms with Gasteiger partial charge in [-0.2, -0.15) is 0 Å². The number of nitrogens with one attached hydrogen (secondary N) is 1. The summed E-state index contributed by atoms with van der Waals surface area (Å²) in [5.74, 6) is -0.383. The number of rotatable bonds is 4. The van der Waals surface area contributed by atoms with Crippen molar-refractivity contribution < 1.29 is 9.21 Å². The second-order valence-electron chi connectivity index (χ2n) is 6.25. The van der Waals surface area contributed by atoms with Crippen LogP contribution in [0.4, 0.5) is 5.13 Å². The van der Waals surface area contributed by atoms with Crippen LogP contribution < -0.4 is 10.9 Å². The third-order valence-corrected chi connectivity index (χ3v) is 5.10. The highest BCUT2D eigenvalue weighted by Crippen LogP contribution is 2.24. The van der Waals surface area contributed by atoms with Gasteiger partial charge in [-0.3, -0.25) is 19.1 Å². The molecule has 0 unspecified atom stereocenters. The molecule has 5 rings (SSSR count). The van der Waals surface area contributed by atoms with E-state index in [1.165, 1.54) is 22.2 Å². The largest absolute Gasteiger partial charge is 0.448 e. The number of hydrogen-bond donors (Lipinski definition) is 1. The van der Waals surface area contributed by atoms with Crippen LogP contribution in [0.25, 0.3) is 33.5 Å². The average Bonchev–Trinajstić information content (AvgIpc) is 3.36. The summed E-state index contributed by atoms with van der Waals surface area (Å²) in [5, 5.41) is 5.71. The molecule has 8 nitrogen and oxygen atoms in total. The summed E-state index contributed by atoms with van der Waals surface area (Å²) in [6.07, 6.45) is 3.04. The molecule has 0 aliphatic heterocycles. The maximum absolute atomic E-state index is 12.7. The van der Waals surface area contributed by atoms with Gasteiger partial charge >= 0.3 is 0 Å². The molecule has 0 aliphatic carbocycles. The molecule has 0 aliphatic rings. The quantitative estimate of drug-likeness (QED) is 0.494. The lowest BCUT2D eigenvalue weighted by atomic mass is 10.2. The number of thiazole rings is 1. The first-order valence-corrected chi connectivity index (χ1v) is 9.60. The van der Waals surface area contributed by atoms with Crippen molar-refractivity contribution >= 4 is 44.4 Å². The van der Waals surface area contributed by atoms with Crippen LogP contribution in [-0.4, -0.2) is 25.4 Å². The van der Waals surface area contributed by atoms with Gasteiger partial charge in [0.05, 0.1) is 12.0 Å². The predicted molar refractivity (Wildman–Crippen MR) is 110 cm³/mol. The molecule has 4 heterocycles. The Bertz CT molecular complexity index is 1400. The van der Waals surface area contributed by atoms with Gasteiger partial charge < -0.3 is 9.73 Å². The molecule has 0 saturated carbocycles. The van der Waals surface area contributed by atoms with Gasteiger partial charge in [0.25, 0.3) is 5.56 Å². The van der Waals surface area contributed by atoms with Gasteiger partial charge in [0, 0.05) is 17.0 Å². The van der Waals surface area contributed by atoms with Crippen LogP contribution in [0.1, 0.15) is 0 Å². The van der Waals surface area contributed by atoms with Gasteiger partial charge in [-0.05, 0) is 24.3 Å². The smallest absolute Gasteiger partial charge is 0.297 e. The summed E-state index contributed by atoms with van der Waals surface area (Å²) in [6, 6.07) is 12.8. The molecule has 0 saturated heterocycles. The van der Waals surface area contributed by atoms with Gasteiger partial charge in [-0.15, -0.1) is 11.3 Å². The number of aromatic nitrogens is 4. The number of para-hydroxylation sites is 1. The third kappa shape index (κ3) is 3.17. The van der Waals surface area contributed by atoms with Crippen molar-refractivity contribution in [2.45, 2.75) is 6.54 Å². The molecule has 0 atom stereocenters. The fourth-order valence-corrected chi connectivity index (χ4v) is 3.73. The summed E-state index contributed by atoms with van der Waals surface area (Å²) in [5.41, 5.74) is 2.19. The Labute approximate surface area is 167 Å². The molecule has 9 heteroatoms. The van der Waals surface area contributed by atoms with Gasteiger partial charge in [0.1, 0.15) is 23.3 Å². The number of carbonyl (C=O) groups is 1. The molecule has 0 spiro atoms. The lowest BCUT2D eigenvalue weighted by molar-refractivity contribution is -0.116. The van der Waals surface area contributed by atoms with E-state index in [2.05, 4.69) is 20.3 Å². The lowest BCUT2D eigenvalue weighted by Gasteiger charge is -2.04. The van der Waals surface area contributed by atoms with Crippen LogP contribution >= 0.6 is 11.3 Å². The highest BCUT2D eigenvalue weighted by molar-refractivity contribution is 7.14. The van der Waals surface area contributed by atoms with E-state index in [0.29, 0.717) is 21.9 Å². The van der Waals surface area contributed by atoms with E-state index in [1.54, 1.807) is 12.3 Å². The molecule has 1 N–H and O–H groups in total. The van der Waals surface area contributed by atoms with E-state index in [0.717, 1.165) is 11.1 Å². The number of nitrogens with zero attached hydrogens (tertiary/aromatic N) is 4. The molecule has 4 aromatic heterocycles. The van der Waals surface area contributed by atoms with Crippen LogP contribution in [0, 0.1) is 0 Å². The summed E-state index contributed by atoms with van der Waals surface area (Å²) in [4.78, 5) is 38.0. The Hall–Kier alpha value is -3.85. The van der Waals surface area contributed by atoms with Crippen LogP contribution in [0.5, 0.6) is 0 Å². The summed E-state index contributed by atoms with van der Waals surface area (Å²) in [7, 11) is 0. The number of furan rings is 1. The lowest BCUT2D eigenvalue weighted by Crippen LogP contribution is -2.27. The number of carbonyl (C=O) groups excluding carboxylic acids is 1. The number of hydrogen-bond acceptors (Lipinski definition) is 7. The zero-order chi connectivity index (χ0) is 19.8. The van der Waals surface area contributed by atoms with Gasteiger partial charge in [-0.1, -0.05) is 18.2 Å². The van der Waals surface area contributed by atoms with E-state index in [9.17, 15) is 9.59 Å². The second-order valence-corrected chi connectivity index (χ2v) is 7.11. The van der Waals surface area contributed by atoms with Gasteiger partial charge in [0.2, 0.25) is 11.5 Å². The highest BCUT2D eigenvalue weighted by atomic mass is 32.1. The Morgan fingerprint density at radius 2 is 1.97 bits per heavy atom. The van der Waals surface area contributed by atoms with E-state index >= 15 is 0 Å². The minimum absolute atomic E-state index is 0.133. The fourth-order valence-electron chi connectivity index (χ4n) is 3.00. The topological polar surface area (TPSA) is 103 Å². The zero-order valence-corrected chi connectivity index (χ0v) is 15.7. The first kappa shape index (κ1) is 17.3. The van der Waals surface area contributed by atoms with Crippen LogP contribution in [0.15, 0.2) is 69.6 Å². The fraction of sp³-hybridized carbons (Fsp3) is 0.0500. The first-order valence-electron chi connectivity index (χ1n) is 8.72. The second kappa shape index (κ2) is 6.95. The van der Waals surface area contributed by atoms with Crippen LogP contribution in [-0.2, 0) is 11.3 Å². The van der Waals surface area contributed by atoms with E-state index in [4.69, 9.17) is 4.42 Å². The normalized spacial score (nSPS) is 11.2. The monoisotopic (exact) mass is 403 g/mol. The molecular weight excluding hydrogens is 390 g/mol. The SMILES string of the molecule is O=C(Cn1cnc2c(oc3ccccc32)c1=O)Nc1nc(-c2ccccn2)cs1. The molecule has 0 fully saturated rings. The van der Waals surface area contributed by atoms with E-state index in [-0.39, 0.29) is 18.0 Å². The van der Waals surface area contributed by atoms with Crippen LogP contribution in [0.2, 0.25) is 0 Å². The maximum Gasteiger partial charge on any atom is 0.297 e. The predicted octanol–water partition coefficient (Wildman–Crippen LogP) is 3.30. The molecule has 1 aromatic carbocycles. The highest BCUT2D eigenvalue weighted by Gasteiger charge is 2.15. The van der Waals surface area contributed by atoms with E-state index in [1.807, 2.05) is 41.8 Å². The Balaban J connectivity index is 1.38. The minimum atomic E-state index is -0.408. The number of amides is 1. The Kier molecular flexibility index (Phi) is 4.14. The average molecular weight is 403 g/mol. The molecule has 0 radical (unpaired) electrons. The van der Waals surface area contributed by atoms with Crippen molar-refractivity contribution in [3.63, 3.8) is 0 Å². The summed E-state index contributed by atoms with van der Waals surface area (Å²) >= 11 is 1.29.